The summed E-state index contributed by atoms with van der Waals surface area (Å²) in [6.45, 7) is 4.54. The van der Waals surface area contributed by atoms with Crippen LogP contribution in [0.5, 0.6) is 0 Å². The zero-order valence-electron chi connectivity index (χ0n) is 7.43. The summed E-state index contributed by atoms with van der Waals surface area (Å²) in [6, 6.07) is 0.462. The third-order valence-electron chi connectivity index (χ3n) is 3.69. The van der Waals surface area contributed by atoms with Crippen LogP contribution in [0.1, 0.15) is 33.1 Å². The van der Waals surface area contributed by atoms with Crippen molar-refractivity contribution in [2.45, 2.75) is 39.2 Å². The molecule has 1 nitrogen and oxygen atoms in total. The van der Waals surface area contributed by atoms with Crippen LogP contribution in [0.25, 0.3) is 0 Å². The summed E-state index contributed by atoms with van der Waals surface area (Å²) in [5.74, 6) is 1.46. The molecule has 2 rings (SSSR count). The molecular weight excluding hydrogens is 134 g/mol. The number of fused-ring (bicyclic) bond motifs is 2. The monoisotopic (exact) mass is 151 g/mol. The Morgan fingerprint density at radius 3 is 1.91 bits per heavy atom. The van der Waals surface area contributed by atoms with Crippen molar-refractivity contribution in [3.63, 3.8) is 0 Å². The molecule has 0 aromatic rings. The number of hydrogen-bond donors (Lipinski definition) is 1. The molecule has 2 unspecified atom stereocenters. The van der Waals surface area contributed by atoms with Crippen molar-refractivity contribution < 1.29 is 0 Å². The molecule has 1 saturated carbocycles. The molecule has 0 spiro atoms. The second-order valence-corrected chi connectivity index (χ2v) is 4.09. The van der Waals surface area contributed by atoms with Crippen LogP contribution < -0.4 is 5.73 Å². The second kappa shape index (κ2) is 2.34. The first-order valence-corrected chi connectivity index (χ1v) is 4.64. The van der Waals surface area contributed by atoms with E-state index in [9.17, 15) is 0 Å². The van der Waals surface area contributed by atoms with Gasteiger partial charge >= 0.3 is 0 Å². The Kier molecular flexibility index (Phi) is 1.57. The minimum Gasteiger partial charge on any atom is -0.327 e. The lowest BCUT2D eigenvalue weighted by Gasteiger charge is -2.28. The van der Waals surface area contributed by atoms with Crippen molar-refractivity contribution in [2.24, 2.45) is 17.6 Å². The standard InChI is InChI=1S/C10H17N/c1-6-7(2)9-5-3-4-8(6)10(9)11/h8-10H,3-5,11H2,1-2H3. The fraction of sp³-hybridized carbons (Fsp3) is 0.800. The van der Waals surface area contributed by atoms with Gasteiger partial charge in [0, 0.05) is 6.04 Å². The SMILES string of the molecule is CC1=C(C)C2CCCC1C2N. The normalized spacial score (nSPS) is 43.4. The van der Waals surface area contributed by atoms with E-state index in [1.807, 2.05) is 0 Å². The van der Waals surface area contributed by atoms with Gasteiger partial charge in [0.2, 0.25) is 0 Å². The predicted octanol–water partition coefficient (Wildman–Crippen LogP) is 2.08. The van der Waals surface area contributed by atoms with Gasteiger partial charge in [-0.1, -0.05) is 17.6 Å². The largest absolute Gasteiger partial charge is 0.327 e. The van der Waals surface area contributed by atoms with Crippen LogP contribution in [-0.2, 0) is 0 Å². The van der Waals surface area contributed by atoms with E-state index in [-0.39, 0.29) is 0 Å². The molecule has 2 atom stereocenters. The topological polar surface area (TPSA) is 26.0 Å². The smallest absolute Gasteiger partial charge is 0.0171 e. The lowest BCUT2D eigenvalue weighted by Crippen LogP contribution is -2.36. The van der Waals surface area contributed by atoms with Crippen LogP contribution in [0, 0.1) is 11.8 Å². The van der Waals surface area contributed by atoms with Crippen LogP contribution in [0.2, 0.25) is 0 Å². The summed E-state index contributed by atoms with van der Waals surface area (Å²) in [6.07, 6.45) is 4.05. The molecule has 0 heterocycles. The lowest BCUT2D eigenvalue weighted by atomic mass is 9.81. The number of hydrogen-bond acceptors (Lipinski definition) is 1. The molecule has 0 aliphatic heterocycles. The minimum absolute atomic E-state index is 0.462. The van der Waals surface area contributed by atoms with E-state index in [4.69, 9.17) is 5.73 Å². The summed E-state index contributed by atoms with van der Waals surface area (Å²) in [7, 11) is 0. The highest BCUT2D eigenvalue weighted by atomic mass is 14.7. The molecule has 1 fully saturated rings. The molecule has 0 aromatic carbocycles. The van der Waals surface area contributed by atoms with E-state index < -0.39 is 0 Å². The second-order valence-electron chi connectivity index (χ2n) is 4.09. The maximum atomic E-state index is 6.12. The Morgan fingerprint density at radius 1 is 1.09 bits per heavy atom. The summed E-state index contributed by atoms with van der Waals surface area (Å²) in [4.78, 5) is 0. The van der Waals surface area contributed by atoms with Gasteiger partial charge in [-0.15, -0.1) is 0 Å². The predicted molar refractivity (Wildman–Crippen MR) is 47.2 cm³/mol. The van der Waals surface area contributed by atoms with Crippen molar-refractivity contribution in [2.75, 3.05) is 0 Å². The molecule has 2 bridgehead atoms. The van der Waals surface area contributed by atoms with E-state index in [1.54, 1.807) is 11.1 Å². The fourth-order valence-corrected chi connectivity index (χ4v) is 2.82. The number of rotatable bonds is 0. The fourth-order valence-electron chi connectivity index (χ4n) is 2.82. The zero-order valence-corrected chi connectivity index (χ0v) is 7.43. The van der Waals surface area contributed by atoms with E-state index >= 15 is 0 Å². The molecule has 2 N–H and O–H groups in total. The van der Waals surface area contributed by atoms with Crippen LogP contribution in [0.3, 0.4) is 0 Å². The van der Waals surface area contributed by atoms with E-state index in [1.165, 1.54) is 19.3 Å². The summed E-state index contributed by atoms with van der Waals surface area (Å²) < 4.78 is 0. The van der Waals surface area contributed by atoms with Gasteiger partial charge in [-0.05, 0) is 38.5 Å². The summed E-state index contributed by atoms with van der Waals surface area (Å²) in [5.41, 5.74) is 9.32. The Bertz CT molecular complexity index is 185. The first-order chi connectivity index (χ1) is 5.22. The van der Waals surface area contributed by atoms with Crippen LogP contribution in [-0.4, -0.2) is 6.04 Å². The molecule has 11 heavy (non-hydrogen) atoms. The van der Waals surface area contributed by atoms with Crippen molar-refractivity contribution in [3.8, 4) is 0 Å². The van der Waals surface area contributed by atoms with Gasteiger partial charge in [0.05, 0.1) is 0 Å². The highest BCUT2D eigenvalue weighted by Crippen LogP contribution is 2.44. The maximum Gasteiger partial charge on any atom is 0.0171 e. The molecular formula is C10H17N. The highest BCUT2D eigenvalue weighted by Gasteiger charge is 2.38. The summed E-state index contributed by atoms with van der Waals surface area (Å²) >= 11 is 0. The first-order valence-electron chi connectivity index (χ1n) is 4.64. The third-order valence-corrected chi connectivity index (χ3v) is 3.69. The molecule has 0 aromatic heterocycles. The third kappa shape index (κ3) is 0.871. The van der Waals surface area contributed by atoms with Gasteiger partial charge in [0.15, 0.2) is 0 Å². The maximum absolute atomic E-state index is 6.12. The zero-order chi connectivity index (χ0) is 8.01. The quantitative estimate of drug-likeness (QED) is 0.527. The van der Waals surface area contributed by atoms with Crippen molar-refractivity contribution in [1.29, 1.82) is 0 Å². The molecule has 0 radical (unpaired) electrons. The molecule has 0 amide bonds. The minimum atomic E-state index is 0.462. The van der Waals surface area contributed by atoms with Crippen LogP contribution in [0.15, 0.2) is 11.1 Å². The number of nitrogens with two attached hydrogens (primary N) is 1. The van der Waals surface area contributed by atoms with Gasteiger partial charge in [-0.2, -0.15) is 0 Å². The highest BCUT2D eigenvalue weighted by molar-refractivity contribution is 5.28. The Balaban J connectivity index is 2.33. The molecule has 1 heteroatoms. The van der Waals surface area contributed by atoms with E-state index in [0.717, 1.165) is 11.8 Å². The Morgan fingerprint density at radius 2 is 1.55 bits per heavy atom. The average Bonchev–Trinajstić information content (AvgIpc) is 2.19. The van der Waals surface area contributed by atoms with Crippen LogP contribution >= 0.6 is 0 Å². The van der Waals surface area contributed by atoms with E-state index in [0.29, 0.717) is 6.04 Å². The van der Waals surface area contributed by atoms with Crippen molar-refractivity contribution in [1.82, 2.24) is 0 Å². The molecule has 62 valence electrons. The molecule has 2 aliphatic rings. The first kappa shape index (κ1) is 7.35. The van der Waals surface area contributed by atoms with Gasteiger partial charge in [-0.25, -0.2) is 0 Å². The van der Waals surface area contributed by atoms with Gasteiger partial charge in [0.25, 0.3) is 0 Å². The van der Waals surface area contributed by atoms with Crippen molar-refractivity contribution in [3.05, 3.63) is 11.1 Å². The van der Waals surface area contributed by atoms with Crippen LogP contribution in [0.4, 0.5) is 0 Å². The van der Waals surface area contributed by atoms with E-state index in [2.05, 4.69) is 13.8 Å². The lowest BCUT2D eigenvalue weighted by molar-refractivity contribution is 0.313. The van der Waals surface area contributed by atoms with Crippen molar-refractivity contribution >= 4 is 0 Å². The van der Waals surface area contributed by atoms with Gasteiger partial charge < -0.3 is 5.73 Å². The molecule has 2 aliphatic carbocycles. The summed E-state index contributed by atoms with van der Waals surface area (Å²) in [5, 5.41) is 0. The Hall–Kier alpha value is -0.300. The van der Waals surface area contributed by atoms with Gasteiger partial charge in [-0.3, -0.25) is 0 Å². The Labute approximate surface area is 68.7 Å². The average molecular weight is 151 g/mol. The molecule has 0 saturated heterocycles. The van der Waals surface area contributed by atoms with Gasteiger partial charge in [0.1, 0.15) is 0 Å².